The maximum atomic E-state index is 9.84. The number of piperazine rings is 1. The molecule has 2 aliphatic heterocycles. The molecule has 0 aromatic heterocycles. The lowest BCUT2D eigenvalue weighted by molar-refractivity contribution is 0.0564. The Hall–Kier alpha value is -0.900. The van der Waals surface area contributed by atoms with Gasteiger partial charge in [0.25, 0.3) is 0 Å². The molecule has 2 heterocycles. The van der Waals surface area contributed by atoms with Crippen LogP contribution in [0, 0.1) is 0 Å². The third-order valence-corrected chi connectivity index (χ3v) is 5.29. The minimum atomic E-state index is -0.106. The van der Waals surface area contributed by atoms with Crippen molar-refractivity contribution in [2.24, 2.45) is 0 Å². The first-order chi connectivity index (χ1) is 10.1. The van der Waals surface area contributed by atoms with Crippen LogP contribution in [-0.2, 0) is 0 Å². The summed E-state index contributed by atoms with van der Waals surface area (Å²) >= 11 is 0. The van der Waals surface area contributed by atoms with Gasteiger partial charge in [-0.1, -0.05) is 37.3 Å². The number of benzene rings is 1. The molecule has 2 fully saturated rings. The fraction of sp³-hybridized carbons (Fsp3) is 0.667. The smallest absolute Gasteiger partial charge is 0.0682 e. The molecule has 0 spiro atoms. The number of aliphatic hydroxyl groups excluding tert-OH is 1. The van der Waals surface area contributed by atoms with Crippen molar-refractivity contribution in [2.75, 3.05) is 26.2 Å². The molecule has 0 saturated carbocycles. The van der Waals surface area contributed by atoms with Gasteiger partial charge in [-0.05, 0) is 37.8 Å². The second kappa shape index (κ2) is 6.47. The Morgan fingerprint density at radius 2 is 1.95 bits per heavy atom. The largest absolute Gasteiger partial charge is 0.392 e. The molecule has 2 saturated heterocycles. The van der Waals surface area contributed by atoms with Gasteiger partial charge in [-0.15, -0.1) is 0 Å². The van der Waals surface area contributed by atoms with Crippen molar-refractivity contribution in [1.82, 2.24) is 9.80 Å². The lowest BCUT2D eigenvalue weighted by Gasteiger charge is -2.42. The third-order valence-electron chi connectivity index (χ3n) is 5.29. The van der Waals surface area contributed by atoms with E-state index in [0.29, 0.717) is 18.0 Å². The van der Waals surface area contributed by atoms with Gasteiger partial charge in [-0.3, -0.25) is 9.80 Å². The zero-order chi connectivity index (χ0) is 14.8. The van der Waals surface area contributed by atoms with Crippen LogP contribution in [0.1, 0.15) is 38.2 Å². The molecule has 4 atom stereocenters. The van der Waals surface area contributed by atoms with E-state index in [4.69, 9.17) is 0 Å². The average molecular weight is 288 g/mol. The summed E-state index contributed by atoms with van der Waals surface area (Å²) in [5.74, 6) is 0.616. The summed E-state index contributed by atoms with van der Waals surface area (Å²) in [6.45, 7) is 8.94. The highest BCUT2D eigenvalue weighted by atomic mass is 16.3. The van der Waals surface area contributed by atoms with Crippen LogP contribution in [0.15, 0.2) is 30.3 Å². The van der Waals surface area contributed by atoms with Gasteiger partial charge < -0.3 is 5.11 Å². The molecule has 21 heavy (non-hydrogen) atoms. The van der Waals surface area contributed by atoms with E-state index in [-0.39, 0.29) is 6.10 Å². The van der Waals surface area contributed by atoms with Crippen LogP contribution >= 0.6 is 0 Å². The van der Waals surface area contributed by atoms with Crippen molar-refractivity contribution in [3.8, 4) is 0 Å². The number of aliphatic hydroxyl groups is 1. The summed E-state index contributed by atoms with van der Waals surface area (Å²) in [4.78, 5) is 5.10. The highest BCUT2D eigenvalue weighted by Gasteiger charge is 2.37. The Kier molecular flexibility index (Phi) is 4.63. The standard InChI is InChI=1S/C18H28N2O/c1-14(16-6-4-3-5-7-16)8-9-19-12-17-10-18(21)13-20(17)11-15(19)2/h3-7,14-15,17-18,21H,8-13H2,1-2H3/t14-,15-,17+,18-/m1/s1. The second-order valence-corrected chi connectivity index (χ2v) is 6.94. The molecule has 3 nitrogen and oxygen atoms in total. The summed E-state index contributed by atoms with van der Waals surface area (Å²) in [6, 6.07) is 12.0. The Balaban J connectivity index is 1.53. The molecule has 0 bridgehead atoms. The number of hydrogen-bond donors (Lipinski definition) is 1. The minimum absolute atomic E-state index is 0.106. The van der Waals surface area contributed by atoms with Gasteiger partial charge >= 0.3 is 0 Å². The van der Waals surface area contributed by atoms with Gasteiger partial charge in [0.15, 0.2) is 0 Å². The molecule has 0 unspecified atom stereocenters. The minimum Gasteiger partial charge on any atom is -0.392 e. The Morgan fingerprint density at radius 1 is 1.19 bits per heavy atom. The molecule has 1 aromatic carbocycles. The van der Waals surface area contributed by atoms with Gasteiger partial charge in [0.1, 0.15) is 0 Å². The normalized spacial score (nSPS) is 32.0. The quantitative estimate of drug-likeness (QED) is 0.921. The van der Waals surface area contributed by atoms with Crippen molar-refractivity contribution in [3.05, 3.63) is 35.9 Å². The van der Waals surface area contributed by atoms with E-state index >= 15 is 0 Å². The molecule has 0 radical (unpaired) electrons. The van der Waals surface area contributed by atoms with E-state index in [9.17, 15) is 5.11 Å². The van der Waals surface area contributed by atoms with Crippen molar-refractivity contribution >= 4 is 0 Å². The van der Waals surface area contributed by atoms with E-state index in [2.05, 4.69) is 54.0 Å². The molecule has 1 N–H and O–H groups in total. The summed E-state index contributed by atoms with van der Waals surface area (Å²) in [5.41, 5.74) is 1.44. The zero-order valence-electron chi connectivity index (χ0n) is 13.3. The van der Waals surface area contributed by atoms with Gasteiger partial charge in [0.05, 0.1) is 6.10 Å². The Bertz CT molecular complexity index is 450. The van der Waals surface area contributed by atoms with Gasteiger partial charge in [-0.2, -0.15) is 0 Å². The summed E-state index contributed by atoms with van der Waals surface area (Å²) in [7, 11) is 0. The topological polar surface area (TPSA) is 26.7 Å². The van der Waals surface area contributed by atoms with E-state index in [1.165, 1.54) is 12.0 Å². The summed E-state index contributed by atoms with van der Waals surface area (Å²) in [6.07, 6.45) is 2.06. The van der Waals surface area contributed by atoms with E-state index in [1.54, 1.807) is 0 Å². The predicted octanol–water partition coefficient (Wildman–Crippen LogP) is 2.32. The van der Waals surface area contributed by atoms with Crippen LogP contribution in [0.4, 0.5) is 0 Å². The van der Waals surface area contributed by atoms with Crippen LogP contribution in [0.5, 0.6) is 0 Å². The van der Waals surface area contributed by atoms with Crippen molar-refractivity contribution in [1.29, 1.82) is 0 Å². The first kappa shape index (κ1) is 15.0. The summed E-state index contributed by atoms with van der Waals surface area (Å²) < 4.78 is 0. The fourth-order valence-corrected chi connectivity index (χ4v) is 3.90. The molecule has 0 aliphatic carbocycles. The first-order valence-electron chi connectivity index (χ1n) is 8.34. The summed E-state index contributed by atoms with van der Waals surface area (Å²) in [5, 5.41) is 9.84. The van der Waals surface area contributed by atoms with Crippen LogP contribution < -0.4 is 0 Å². The zero-order valence-corrected chi connectivity index (χ0v) is 13.3. The van der Waals surface area contributed by atoms with Gasteiger partial charge in [0.2, 0.25) is 0 Å². The van der Waals surface area contributed by atoms with Crippen molar-refractivity contribution in [3.63, 3.8) is 0 Å². The van der Waals surface area contributed by atoms with E-state index < -0.39 is 0 Å². The average Bonchev–Trinajstić information content (AvgIpc) is 2.84. The Morgan fingerprint density at radius 3 is 2.71 bits per heavy atom. The molecular weight excluding hydrogens is 260 g/mol. The SMILES string of the molecule is C[C@H](CCN1C[C@@H]2C[C@@H](O)CN2C[C@H]1C)c1ccccc1. The number of rotatable bonds is 4. The van der Waals surface area contributed by atoms with Gasteiger partial charge in [-0.25, -0.2) is 0 Å². The van der Waals surface area contributed by atoms with Crippen LogP contribution in [0.25, 0.3) is 0 Å². The molecule has 3 rings (SSSR count). The molecule has 3 heteroatoms. The maximum absolute atomic E-state index is 9.84. The highest BCUT2D eigenvalue weighted by Crippen LogP contribution is 2.26. The van der Waals surface area contributed by atoms with E-state index in [0.717, 1.165) is 32.6 Å². The predicted molar refractivity (Wildman–Crippen MR) is 86.5 cm³/mol. The molecule has 0 amide bonds. The Labute approximate surface area is 128 Å². The van der Waals surface area contributed by atoms with Crippen molar-refractivity contribution < 1.29 is 5.11 Å². The van der Waals surface area contributed by atoms with Crippen molar-refractivity contribution in [2.45, 2.75) is 50.8 Å². The molecule has 1 aromatic rings. The first-order valence-corrected chi connectivity index (χ1v) is 8.34. The molecule has 116 valence electrons. The monoisotopic (exact) mass is 288 g/mol. The van der Waals surface area contributed by atoms with E-state index in [1.807, 2.05) is 0 Å². The number of nitrogens with zero attached hydrogens (tertiary/aromatic N) is 2. The fourth-order valence-electron chi connectivity index (χ4n) is 3.90. The molecule has 2 aliphatic rings. The van der Waals surface area contributed by atoms with Crippen LogP contribution in [0.3, 0.4) is 0 Å². The van der Waals surface area contributed by atoms with Crippen LogP contribution in [0.2, 0.25) is 0 Å². The lowest BCUT2D eigenvalue weighted by Crippen LogP contribution is -2.55. The lowest BCUT2D eigenvalue weighted by atomic mass is 9.97. The van der Waals surface area contributed by atoms with Crippen LogP contribution in [-0.4, -0.2) is 59.3 Å². The second-order valence-electron chi connectivity index (χ2n) is 6.94. The number of fused-ring (bicyclic) bond motifs is 1. The third kappa shape index (κ3) is 3.47. The number of hydrogen-bond acceptors (Lipinski definition) is 3. The molecular formula is C18H28N2O. The maximum Gasteiger partial charge on any atom is 0.0682 e. The highest BCUT2D eigenvalue weighted by molar-refractivity contribution is 5.18. The van der Waals surface area contributed by atoms with Gasteiger partial charge in [0, 0.05) is 31.7 Å².